The second-order valence-corrected chi connectivity index (χ2v) is 6.81. The summed E-state index contributed by atoms with van der Waals surface area (Å²) < 4.78 is 4.93. The molecule has 0 fully saturated rings. The highest BCUT2D eigenvalue weighted by atomic mass is 35.5. The molecule has 1 aliphatic rings. The number of ether oxygens (including phenoxy) is 1. The number of nitrogens with zero attached hydrogens (tertiary/aromatic N) is 1. The number of benzene rings is 1. The fourth-order valence-corrected chi connectivity index (χ4v) is 2.70. The Morgan fingerprint density at radius 2 is 1.78 bits per heavy atom. The molecule has 1 aromatic carbocycles. The monoisotopic (exact) mass is 415 g/mol. The van der Waals surface area contributed by atoms with Gasteiger partial charge in [0.05, 0.1) is 11.1 Å². The van der Waals surface area contributed by atoms with Gasteiger partial charge in [0.2, 0.25) is 0 Å². The van der Waals surface area contributed by atoms with Crippen molar-refractivity contribution in [3.8, 4) is 0 Å². The number of hydrogen-bond acceptors (Lipinski definition) is 5. The number of amides is 4. The lowest BCUT2D eigenvalue weighted by Crippen LogP contribution is -2.36. The molecule has 0 atom stereocenters. The maximum atomic E-state index is 12.4. The van der Waals surface area contributed by atoms with Gasteiger partial charge in [-0.05, 0) is 24.6 Å². The Kier molecular flexibility index (Phi) is 7.58. The van der Waals surface area contributed by atoms with E-state index in [-0.39, 0.29) is 42.2 Å². The summed E-state index contributed by atoms with van der Waals surface area (Å²) in [5, 5.41) is 5.04. The summed E-state index contributed by atoms with van der Waals surface area (Å²) in [5.41, 5.74) is 0.717. The van der Waals surface area contributed by atoms with Gasteiger partial charge in [-0.15, -0.1) is 0 Å². The van der Waals surface area contributed by atoms with Gasteiger partial charge >= 0.3 is 0 Å². The topological polar surface area (TPSA) is 105 Å². The Labute approximate surface area is 166 Å². The molecule has 1 aromatic rings. The first-order chi connectivity index (χ1) is 12.9. The Bertz CT molecular complexity index is 754. The quantitative estimate of drug-likeness (QED) is 0.355. The lowest BCUT2D eigenvalue weighted by Gasteiger charge is -2.12. The largest absolute Gasteiger partial charge is 0.385 e. The van der Waals surface area contributed by atoms with E-state index in [1.807, 2.05) is 0 Å². The molecule has 1 heterocycles. The zero-order valence-corrected chi connectivity index (χ0v) is 16.1. The van der Waals surface area contributed by atoms with E-state index in [0.717, 1.165) is 4.90 Å². The fraction of sp³-hybridized carbons (Fsp3) is 0.412. The summed E-state index contributed by atoms with van der Waals surface area (Å²) in [5.74, 6) is -1.79. The molecular weight excluding hydrogens is 397 g/mol. The molecule has 0 radical (unpaired) electrons. The van der Waals surface area contributed by atoms with Crippen molar-refractivity contribution < 1.29 is 23.9 Å². The third kappa shape index (κ3) is 5.18. The Balaban J connectivity index is 1.96. The number of carbonyl (C=O) groups is 4. The summed E-state index contributed by atoms with van der Waals surface area (Å²) in [6.07, 6.45) is 0.534. The maximum absolute atomic E-state index is 12.4. The second-order valence-electron chi connectivity index (χ2n) is 5.72. The molecule has 0 aromatic heterocycles. The van der Waals surface area contributed by atoms with Crippen LogP contribution in [0.1, 0.15) is 37.5 Å². The van der Waals surface area contributed by atoms with Crippen LogP contribution in [0.3, 0.4) is 0 Å². The number of alkyl halides is 2. The van der Waals surface area contributed by atoms with Crippen molar-refractivity contribution in [2.75, 3.05) is 33.4 Å². The molecule has 0 saturated heterocycles. The molecule has 10 heteroatoms. The molecular formula is C17H19Cl2N3O5. The van der Waals surface area contributed by atoms with E-state index >= 15 is 0 Å². The Morgan fingerprint density at radius 3 is 2.44 bits per heavy atom. The number of imide groups is 1. The average Bonchev–Trinajstić information content (AvgIpc) is 2.89. The van der Waals surface area contributed by atoms with Crippen molar-refractivity contribution in [1.29, 1.82) is 0 Å². The van der Waals surface area contributed by atoms with Crippen LogP contribution >= 0.6 is 23.2 Å². The maximum Gasteiger partial charge on any atom is 0.261 e. The molecule has 2 rings (SSSR count). The summed E-state index contributed by atoms with van der Waals surface area (Å²) in [6.45, 7) is 0.990. The summed E-state index contributed by atoms with van der Waals surface area (Å²) in [7, 11) is 1.54. The number of methoxy groups -OCH3 is 1. The lowest BCUT2D eigenvalue weighted by atomic mass is 10.1. The van der Waals surface area contributed by atoms with Crippen LogP contribution in [-0.2, 0) is 9.53 Å². The number of halogens is 2. The standard InChI is InChI=1S/C17H19Cl2N3O5/c1-27-8-2-7-22-16(25)11-4-3-10(9-12(11)17(22)26)14(23)20-5-6-21-15(24)13(18)19/h3-4,9,13H,2,5-8H2,1H3,(H,20,23)(H,21,24). The molecule has 0 unspecified atom stereocenters. The van der Waals surface area contributed by atoms with Gasteiger partial charge < -0.3 is 15.4 Å². The highest BCUT2D eigenvalue weighted by Crippen LogP contribution is 2.24. The molecule has 0 bridgehead atoms. The minimum atomic E-state index is -1.17. The van der Waals surface area contributed by atoms with Gasteiger partial charge in [-0.25, -0.2) is 0 Å². The predicted molar refractivity (Wildman–Crippen MR) is 99.1 cm³/mol. The first-order valence-electron chi connectivity index (χ1n) is 8.20. The van der Waals surface area contributed by atoms with Gasteiger partial charge in [-0.3, -0.25) is 24.1 Å². The highest BCUT2D eigenvalue weighted by Gasteiger charge is 2.35. The van der Waals surface area contributed by atoms with Crippen LogP contribution in [0.5, 0.6) is 0 Å². The predicted octanol–water partition coefficient (Wildman–Crippen LogP) is 0.969. The van der Waals surface area contributed by atoms with Crippen LogP contribution < -0.4 is 10.6 Å². The van der Waals surface area contributed by atoms with Crippen LogP contribution in [-0.4, -0.2) is 66.7 Å². The Hall–Kier alpha value is -2.16. The minimum Gasteiger partial charge on any atom is -0.385 e. The van der Waals surface area contributed by atoms with Crippen molar-refractivity contribution in [2.45, 2.75) is 11.3 Å². The van der Waals surface area contributed by atoms with E-state index in [1.54, 1.807) is 7.11 Å². The number of nitrogens with one attached hydrogen (secondary N) is 2. The molecule has 4 amide bonds. The van der Waals surface area contributed by atoms with Gasteiger partial charge in [-0.2, -0.15) is 0 Å². The van der Waals surface area contributed by atoms with E-state index in [1.165, 1.54) is 18.2 Å². The van der Waals surface area contributed by atoms with Gasteiger partial charge in [0.15, 0.2) is 4.84 Å². The van der Waals surface area contributed by atoms with Crippen molar-refractivity contribution in [3.05, 3.63) is 34.9 Å². The molecule has 8 nitrogen and oxygen atoms in total. The van der Waals surface area contributed by atoms with Crippen molar-refractivity contribution >= 4 is 46.8 Å². The zero-order valence-electron chi connectivity index (χ0n) is 14.6. The van der Waals surface area contributed by atoms with Crippen LogP contribution in [0, 0.1) is 0 Å². The fourth-order valence-electron chi connectivity index (χ4n) is 2.54. The van der Waals surface area contributed by atoms with Gasteiger partial charge in [-0.1, -0.05) is 23.2 Å². The van der Waals surface area contributed by atoms with Crippen LogP contribution in [0.4, 0.5) is 0 Å². The molecule has 0 saturated carbocycles. The van der Waals surface area contributed by atoms with Crippen molar-refractivity contribution in [3.63, 3.8) is 0 Å². The van der Waals surface area contributed by atoms with Crippen LogP contribution in [0.25, 0.3) is 0 Å². The molecule has 0 spiro atoms. The third-order valence-corrected chi connectivity index (χ3v) is 4.27. The van der Waals surface area contributed by atoms with E-state index in [9.17, 15) is 19.2 Å². The van der Waals surface area contributed by atoms with Crippen LogP contribution in [0.2, 0.25) is 0 Å². The first-order valence-corrected chi connectivity index (χ1v) is 9.07. The van der Waals surface area contributed by atoms with Gasteiger partial charge in [0.25, 0.3) is 23.6 Å². The second kappa shape index (κ2) is 9.68. The molecule has 27 heavy (non-hydrogen) atoms. The number of rotatable bonds is 9. The van der Waals surface area contributed by atoms with Crippen molar-refractivity contribution in [2.24, 2.45) is 0 Å². The highest BCUT2D eigenvalue weighted by molar-refractivity contribution is 6.53. The number of fused-ring (bicyclic) bond motifs is 1. The first kappa shape index (κ1) is 21.1. The summed E-state index contributed by atoms with van der Waals surface area (Å²) in [4.78, 5) is 48.1. The summed E-state index contributed by atoms with van der Waals surface area (Å²) >= 11 is 10.8. The normalized spacial score (nSPS) is 13.1. The van der Waals surface area contributed by atoms with E-state index in [0.29, 0.717) is 13.0 Å². The molecule has 146 valence electrons. The van der Waals surface area contributed by atoms with Crippen LogP contribution in [0.15, 0.2) is 18.2 Å². The van der Waals surface area contributed by atoms with E-state index < -0.39 is 22.6 Å². The molecule has 0 aliphatic carbocycles. The zero-order chi connectivity index (χ0) is 20.0. The molecule has 2 N–H and O–H groups in total. The summed E-state index contributed by atoms with van der Waals surface area (Å²) in [6, 6.07) is 4.34. The Morgan fingerprint density at radius 1 is 1.11 bits per heavy atom. The third-order valence-electron chi connectivity index (χ3n) is 3.87. The minimum absolute atomic E-state index is 0.149. The average molecular weight is 416 g/mol. The van der Waals surface area contributed by atoms with E-state index in [2.05, 4.69) is 10.6 Å². The van der Waals surface area contributed by atoms with Crippen molar-refractivity contribution in [1.82, 2.24) is 15.5 Å². The lowest BCUT2D eigenvalue weighted by molar-refractivity contribution is -0.119. The SMILES string of the molecule is COCCCN1C(=O)c2ccc(C(=O)NCCNC(=O)C(Cl)Cl)cc2C1=O. The van der Waals surface area contributed by atoms with Gasteiger partial charge in [0.1, 0.15) is 0 Å². The molecule has 1 aliphatic heterocycles. The van der Waals surface area contributed by atoms with E-state index in [4.69, 9.17) is 27.9 Å². The smallest absolute Gasteiger partial charge is 0.261 e. The van der Waals surface area contributed by atoms with Gasteiger partial charge in [0, 0.05) is 38.9 Å². The number of hydrogen-bond donors (Lipinski definition) is 2. The number of carbonyl (C=O) groups excluding carboxylic acids is 4.